The van der Waals surface area contributed by atoms with Gasteiger partial charge < -0.3 is 19.1 Å². The number of carbonyl (C=O) groups excluding carboxylic acids is 1. The maximum absolute atomic E-state index is 12.8. The number of rotatable bonds is 7. The minimum absolute atomic E-state index is 0.0824. The van der Waals surface area contributed by atoms with Crippen LogP contribution in [0.5, 0.6) is 17.2 Å². The molecule has 0 aromatic heterocycles. The Labute approximate surface area is 177 Å². The van der Waals surface area contributed by atoms with E-state index in [0.29, 0.717) is 30.3 Å². The summed E-state index contributed by atoms with van der Waals surface area (Å²) in [6.45, 7) is 1.21. The normalized spacial score (nSPS) is 15.0. The number of ether oxygens (including phenoxy) is 3. The molecule has 1 aliphatic heterocycles. The number of methoxy groups -OCH3 is 3. The molecule has 8 nitrogen and oxygen atoms in total. The molecule has 1 aliphatic rings. The van der Waals surface area contributed by atoms with Crippen LogP contribution in [0.2, 0.25) is 0 Å². The minimum Gasteiger partial charge on any atom is -0.493 e. The molecule has 0 N–H and O–H groups in total. The highest BCUT2D eigenvalue weighted by atomic mass is 32.2. The van der Waals surface area contributed by atoms with Crippen LogP contribution in [0.3, 0.4) is 0 Å². The third-order valence-electron chi connectivity index (χ3n) is 5.05. The van der Waals surface area contributed by atoms with Crippen molar-refractivity contribution >= 4 is 15.9 Å². The molecule has 1 amide bonds. The number of piperazine rings is 1. The Balaban J connectivity index is 1.66. The van der Waals surface area contributed by atoms with E-state index in [-0.39, 0.29) is 30.3 Å². The third-order valence-corrected chi connectivity index (χ3v) is 6.97. The predicted octanol–water partition coefficient (Wildman–Crippen LogP) is 1.79. The molecule has 162 valence electrons. The Bertz CT molecular complexity index is 961. The van der Waals surface area contributed by atoms with Gasteiger partial charge in [-0.05, 0) is 29.8 Å². The Morgan fingerprint density at radius 1 is 0.900 bits per heavy atom. The highest BCUT2D eigenvalue weighted by Gasteiger charge is 2.30. The Morgan fingerprint density at radius 2 is 1.47 bits per heavy atom. The molecule has 1 heterocycles. The second-order valence-electron chi connectivity index (χ2n) is 6.81. The second-order valence-corrected chi connectivity index (χ2v) is 8.75. The predicted molar refractivity (Wildman–Crippen MR) is 112 cm³/mol. The Kier molecular flexibility index (Phi) is 6.84. The fourth-order valence-corrected chi connectivity index (χ4v) is 4.89. The van der Waals surface area contributed by atoms with Crippen LogP contribution in [0.15, 0.2) is 47.4 Å². The molecule has 0 aliphatic carbocycles. The lowest BCUT2D eigenvalue weighted by molar-refractivity contribution is -0.131. The van der Waals surface area contributed by atoms with Crippen LogP contribution < -0.4 is 14.2 Å². The molecule has 0 atom stereocenters. The molecule has 0 saturated carbocycles. The summed E-state index contributed by atoms with van der Waals surface area (Å²) in [5.74, 6) is 1.36. The number of amides is 1. The van der Waals surface area contributed by atoms with Crippen molar-refractivity contribution in [3.63, 3.8) is 0 Å². The van der Waals surface area contributed by atoms with E-state index >= 15 is 0 Å². The van der Waals surface area contributed by atoms with Crippen LogP contribution in [0.25, 0.3) is 0 Å². The number of hydrogen-bond donors (Lipinski definition) is 0. The van der Waals surface area contributed by atoms with Gasteiger partial charge in [-0.2, -0.15) is 4.31 Å². The van der Waals surface area contributed by atoms with Crippen molar-refractivity contribution < 1.29 is 27.4 Å². The molecule has 2 aromatic rings. The minimum atomic E-state index is -3.55. The zero-order valence-corrected chi connectivity index (χ0v) is 18.1. The highest BCUT2D eigenvalue weighted by molar-refractivity contribution is 7.89. The second kappa shape index (κ2) is 9.36. The van der Waals surface area contributed by atoms with Gasteiger partial charge in [-0.25, -0.2) is 8.42 Å². The lowest BCUT2D eigenvalue weighted by Gasteiger charge is -2.34. The number of sulfonamides is 1. The first kappa shape index (κ1) is 21.9. The molecule has 2 aromatic carbocycles. The molecular formula is C21H26N2O6S. The van der Waals surface area contributed by atoms with Crippen molar-refractivity contribution in [2.45, 2.75) is 11.3 Å². The quantitative estimate of drug-likeness (QED) is 0.661. The lowest BCUT2D eigenvalue weighted by atomic mass is 10.1. The largest absolute Gasteiger partial charge is 0.493 e. The summed E-state index contributed by atoms with van der Waals surface area (Å²) in [7, 11) is 1.02. The van der Waals surface area contributed by atoms with Crippen LogP contribution >= 0.6 is 0 Å². The van der Waals surface area contributed by atoms with Crippen LogP contribution in [-0.4, -0.2) is 71.0 Å². The third kappa shape index (κ3) is 4.52. The van der Waals surface area contributed by atoms with Gasteiger partial charge in [0.2, 0.25) is 21.7 Å². The van der Waals surface area contributed by atoms with Crippen molar-refractivity contribution in [3.05, 3.63) is 48.0 Å². The van der Waals surface area contributed by atoms with Gasteiger partial charge in [0.15, 0.2) is 11.5 Å². The number of carbonyl (C=O) groups is 1. The summed E-state index contributed by atoms with van der Waals surface area (Å²) < 4.78 is 42.9. The van der Waals surface area contributed by atoms with Crippen molar-refractivity contribution in [2.24, 2.45) is 0 Å². The van der Waals surface area contributed by atoms with Gasteiger partial charge in [0, 0.05) is 26.2 Å². The zero-order valence-electron chi connectivity index (χ0n) is 17.3. The van der Waals surface area contributed by atoms with Gasteiger partial charge in [0.1, 0.15) is 0 Å². The fraction of sp³-hybridized carbons (Fsp3) is 0.381. The first-order valence-electron chi connectivity index (χ1n) is 9.52. The van der Waals surface area contributed by atoms with E-state index in [0.717, 1.165) is 5.56 Å². The Hall–Kier alpha value is -2.78. The topological polar surface area (TPSA) is 85.4 Å². The summed E-state index contributed by atoms with van der Waals surface area (Å²) in [6, 6.07) is 11.8. The highest BCUT2D eigenvalue weighted by Crippen LogP contribution is 2.38. The molecule has 0 bridgehead atoms. The average Bonchev–Trinajstić information content (AvgIpc) is 2.78. The number of hydrogen-bond acceptors (Lipinski definition) is 6. The molecule has 1 fully saturated rings. The first-order chi connectivity index (χ1) is 14.4. The summed E-state index contributed by atoms with van der Waals surface area (Å²) in [4.78, 5) is 14.7. The van der Waals surface area contributed by atoms with Crippen LogP contribution in [0, 0.1) is 0 Å². The summed E-state index contributed by atoms with van der Waals surface area (Å²) in [5, 5.41) is 0. The van der Waals surface area contributed by atoms with Crippen molar-refractivity contribution in [3.8, 4) is 17.2 Å². The van der Waals surface area contributed by atoms with Gasteiger partial charge in [0.05, 0.1) is 32.6 Å². The summed E-state index contributed by atoms with van der Waals surface area (Å²) in [5.41, 5.74) is 0.730. The molecule has 3 rings (SSSR count). The fourth-order valence-electron chi connectivity index (χ4n) is 3.44. The monoisotopic (exact) mass is 434 g/mol. The van der Waals surface area contributed by atoms with Crippen LogP contribution in [0.1, 0.15) is 5.56 Å². The smallest absolute Gasteiger partial charge is 0.243 e. The van der Waals surface area contributed by atoms with Crippen LogP contribution in [-0.2, 0) is 21.2 Å². The van der Waals surface area contributed by atoms with Crippen molar-refractivity contribution in [1.29, 1.82) is 0 Å². The summed E-state index contributed by atoms with van der Waals surface area (Å²) >= 11 is 0. The van der Waals surface area contributed by atoms with Crippen LogP contribution in [0.4, 0.5) is 0 Å². The molecule has 9 heteroatoms. The van der Waals surface area contributed by atoms with Gasteiger partial charge in [-0.15, -0.1) is 0 Å². The van der Waals surface area contributed by atoms with E-state index in [9.17, 15) is 13.2 Å². The van der Waals surface area contributed by atoms with E-state index in [1.165, 1.54) is 25.6 Å². The van der Waals surface area contributed by atoms with Gasteiger partial charge in [-0.3, -0.25) is 4.79 Å². The van der Waals surface area contributed by atoms with E-state index < -0.39 is 10.0 Å². The van der Waals surface area contributed by atoms with Gasteiger partial charge in [0.25, 0.3) is 0 Å². The maximum Gasteiger partial charge on any atom is 0.243 e. The standard InChI is InChI=1S/C21H26N2O6S/c1-27-18-13-16(14-19(28-2)21(18)29-3)15-20(24)22-9-11-23(12-10-22)30(25,26)17-7-5-4-6-8-17/h4-8,13-14H,9-12,15H2,1-3H3. The molecule has 30 heavy (non-hydrogen) atoms. The number of benzene rings is 2. The maximum atomic E-state index is 12.8. The Morgan fingerprint density at radius 3 is 1.97 bits per heavy atom. The van der Waals surface area contributed by atoms with E-state index in [1.807, 2.05) is 0 Å². The van der Waals surface area contributed by atoms with Crippen molar-refractivity contribution in [2.75, 3.05) is 47.5 Å². The SMILES string of the molecule is COc1cc(CC(=O)N2CCN(S(=O)(=O)c3ccccc3)CC2)cc(OC)c1OC. The molecule has 1 saturated heterocycles. The van der Waals surface area contributed by atoms with E-state index in [2.05, 4.69) is 0 Å². The molecular weight excluding hydrogens is 408 g/mol. The van der Waals surface area contributed by atoms with Gasteiger partial charge >= 0.3 is 0 Å². The molecule has 0 spiro atoms. The van der Waals surface area contributed by atoms with E-state index in [1.54, 1.807) is 47.4 Å². The van der Waals surface area contributed by atoms with Gasteiger partial charge in [-0.1, -0.05) is 18.2 Å². The molecule has 0 unspecified atom stereocenters. The van der Waals surface area contributed by atoms with Crippen molar-refractivity contribution in [1.82, 2.24) is 9.21 Å². The first-order valence-corrected chi connectivity index (χ1v) is 11.0. The lowest BCUT2D eigenvalue weighted by Crippen LogP contribution is -2.50. The molecule has 0 radical (unpaired) electrons. The van der Waals surface area contributed by atoms with E-state index in [4.69, 9.17) is 14.2 Å². The average molecular weight is 435 g/mol. The zero-order chi connectivity index (χ0) is 21.7. The number of nitrogens with zero attached hydrogens (tertiary/aromatic N) is 2. The summed E-state index contributed by atoms with van der Waals surface area (Å²) in [6.07, 6.45) is 0.155.